The van der Waals surface area contributed by atoms with Crippen molar-refractivity contribution in [2.75, 3.05) is 32.7 Å². The molecule has 0 saturated carbocycles. The minimum atomic E-state index is -0.975. The van der Waals surface area contributed by atoms with Crippen LogP contribution in [0.15, 0.2) is 36.4 Å². The summed E-state index contributed by atoms with van der Waals surface area (Å²) in [6.45, 7) is -0.425. The van der Waals surface area contributed by atoms with Crippen LogP contribution in [0.3, 0.4) is 0 Å². The largest absolute Gasteiger partial charge is 0.497 e. The first-order chi connectivity index (χ1) is 14.8. The number of anilines is 1. The van der Waals surface area contributed by atoms with Crippen molar-refractivity contribution in [3.8, 4) is 11.5 Å². The molecule has 0 radical (unpaired) electrons. The van der Waals surface area contributed by atoms with Crippen LogP contribution in [0.4, 0.5) is 14.5 Å². The van der Waals surface area contributed by atoms with Gasteiger partial charge < -0.3 is 24.8 Å². The first-order valence-electron chi connectivity index (χ1n) is 9.24. The van der Waals surface area contributed by atoms with Gasteiger partial charge in [-0.05, 0) is 18.6 Å². The maximum atomic E-state index is 13.5. The number of hydrogen-bond donors (Lipinski definition) is 2. The molecule has 31 heavy (non-hydrogen) atoms. The van der Waals surface area contributed by atoms with E-state index in [0.29, 0.717) is 23.3 Å². The Balaban J connectivity index is 1.70. The van der Waals surface area contributed by atoms with Crippen LogP contribution in [0.2, 0.25) is 0 Å². The van der Waals surface area contributed by atoms with E-state index in [4.69, 9.17) is 14.2 Å². The van der Waals surface area contributed by atoms with Gasteiger partial charge >= 0.3 is 5.97 Å². The molecule has 0 saturated heterocycles. The quantitative estimate of drug-likeness (QED) is 0.439. The Morgan fingerprint density at radius 3 is 2.26 bits per heavy atom. The summed E-state index contributed by atoms with van der Waals surface area (Å²) in [5.41, 5.74) is 0.114. The monoisotopic (exact) mass is 436 g/mol. The van der Waals surface area contributed by atoms with Gasteiger partial charge in [0.25, 0.3) is 11.8 Å². The summed E-state index contributed by atoms with van der Waals surface area (Å²) < 4.78 is 41.5. The molecule has 0 aliphatic rings. The predicted molar refractivity (Wildman–Crippen MR) is 107 cm³/mol. The zero-order chi connectivity index (χ0) is 22.8. The van der Waals surface area contributed by atoms with Gasteiger partial charge in [-0.15, -0.1) is 0 Å². The second-order valence-corrected chi connectivity index (χ2v) is 6.29. The zero-order valence-corrected chi connectivity index (χ0v) is 17.0. The van der Waals surface area contributed by atoms with Crippen LogP contribution in [0.1, 0.15) is 23.2 Å². The highest BCUT2D eigenvalue weighted by Gasteiger charge is 2.13. The summed E-state index contributed by atoms with van der Waals surface area (Å²) in [5.74, 6) is -2.71. The molecule has 0 spiro atoms. The van der Waals surface area contributed by atoms with Crippen molar-refractivity contribution in [3.05, 3.63) is 53.6 Å². The summed E-state index contributed by atoms with van der Waals surface area (Å²) in [6, 6.07) is 7.41. The lowest BCUT2D eigenvalue weighted by Gasteiger charge is -2.10. The topological polar surface area (TPSA) is 103 Å². The van der Waals surface area contributed by atoms with Crippen molar-refractivity contribution in [1.29, 1.82) is 0 Å². The number of methoxy groups -OCH3 is 2. The molecule has 0 fully saturated rings. The second kappa shape index (κ2) is 11.5. The van der Waals surface area contributed by atoms with Gasteiger partial charge in [-0.25, -0.2) is 8.78 Å². The molecule has 2 rings (SSSR count). The summed E-state index contributed by atoms with van der Waals surface area (Å²) in [4.78, 5) is 35.6. The molecule has 8 nitrogen and oxygen atoms in total. The number of carbonyl (C=O) groups is 3. The number of rotatable bonds is 10. The first-order valence-corrected chi connectivity index (χ1v) is 9.24. The third kappa shape index (κ3) is 7.57. The van der Waals surface area contributed by atoms with Crippen molar-refractivity contribution in [2.45, 2.75) is 12.8 Å². The lowest BCUT2D eigenvalue weighted by molar-refractivity contribution is -0.147. The van der Waals surface area contributed by atoms with Crippen LogP contribution in [-0.4, -0.2) is 45.2 Å². The van der Waals surface area contributed by atoms with Gasteiger partial charge in [-0.3, -0.25) is 14.4 Å². The maximum Gasteiger partial charge on any atom is 0.306 e. The first kappa shape index (κ1) is 23.6. The lowest BCUT2D eigenvalue weighted by atomic mass is 10.2. The van der Waals surface area contributed by atoms with Crippen molar-refractivity contribution in [3.63, 3.8) is 0 Å². The minimum Gasteiger partial charge on any atom is -0.497 e. The molecule has 2 amide bonds. The molecule has 10 heteroatoms. The molecule has 0 heterocycles. The van der Waals surface area contributed by atoms with Crippen molar-refractivity contribution in [1.82, 2.24) is 5.32 Å². The van der Waals surface area contributed by atoms with Gasteiger partial charge in [-0.2, -0.15) is 0 Å². The van der Waals surface area contributed by atoms with E-state index in [0.717, 1.165) is 12.1 Å². The standard InChI is InChI=1S/C21H22F2N2O6/c1-29-15-9-14(10-16(11-15)30-2)25-19(26)12-31-20(27)4-3-7-24-21(28)17-6-5-13(22)8-18(17)23/h5-6,8-11H,3-4,7,12H2,1-2H3,(H,24,28)(H,25,26). The number of amides is 2. The van der Waals surface area contributed by atoms with E-state index in [1.54, 1.807) is 18.2 Å². The molecule has 0 bridgehead atoms. The third-order valence-electron chi connectivity index (χ3n) is 4.02. The smallest absolute Gasteiger partial charge is 0.306 e. The molecule has 0 aliphatic carbocycles. The fraction of sp³-hybridized carbons (Fsp3) is 0.286. The van der Waals surface area contributed by atoms with E-state index in [-0.39, 0.29) is 24.9 Å². The van der Waals surface area contributed by atoms with Crippen LogP contribution in [0.5, 0.6) is 11.5 Å². The number of hydrogen-bond acceptors (Lipinski definition) is 6. The maximum absolute atomic E-state index is 13.5. The number of nitrogens with one attached hydrogen (secondary N) is 2. The van der Waals surface area contributed by atoms with Crippen molar-refractivity contribution >= 4 is 23.5 Å². The predicted octanol–water partition coefficient (Wildman–Crippen LogP) is 2.67. The average molecular weight is 436 g/mol. The molecule has 2 N–H and O–H groups in total. The van der Waals surface area contributed by atoms with E-state index in [1.165, 1.54) is 14.2 Å². The molecule has 166 valence electrons. The molecule has 2 aromatic rings. The molecule has 0 atom stereocenters. The summed E-state index contributed by atoms with van der Waals surface area (Å²) >= 11 is 0. The van der Waals surface area contributed by atoms with Crippen LogP contribution < -0.4 is 20.1 Å². The Morgan fingerprint density at radius 2 is 1.65 bits per heavy atom. The van der Waals surface area contributed by atoms with E-state index < -0.39 is 36.0 Å². The van der Waals surface area contributed by atoms with Crippen molar-refractivity contribution in [2.24, 2.45) is 0 Å². The Hall–Kier alpha value is -3.69. The molecular formula is C21H22F2N2O6. The Kier molecular flexibility index (Phi) is 8.74. The van der Waals surface area contributed by atoms with E-state index in [1.807, 2.05) is 0 Å². The molecular weight excluding hydrogens is 414 g/mol. The normalized spacial score (nSPS) is 10.2. The highest BCUT2D eigenvalue weighted by molar-refractivity contribution is 5.94. The fourth-order valence-corrected chi connectivity index (χ4v) is 2.50. The highest BCUT2D eigenvalue weighted by Crippen LogP contribution is 2.25. The van der Waals surface area contributed by atoms with Gasteiger partial charge in [0.15, 0.2) is 6.61 Å². The summed E-state index contributed by atoms with van der Waals surface area (Å²) in [5, 5.41) is 4.98. The van der Waals surface area contributed by atoms with Crippen LogP contribution >= 0.6 is 0 Å². The number of benzene rings is 2. The van der Waals surface area contributed by atoms with Crippen LogP contribution in [0, 0.1) is 11.6 Å². The second-order valence-electron chi connectivity index (χ2n) is 6.29. The molecule has 0 aromatic heterocycles. The summed E-state index contributed by atoms with van der Waals surface area (Å²) in [7, 11) is 2.95. The highest BCUT2D eigenvalue weighted by atomic mass is 19.1. The van der Waals surface area contributed by atoms with E-state index >= 15 is 0 Å². The average Bonchev–Trinajstić information content (AvgIpc) is 2.74. The van der Waals surface area contributed by atoms with Crippen LogP contribution in [0.25, 0.3) is 0 Å². The number of halogens is 2. The van der Waals surface area contributed by atoms with Gasteiger partial charge in [0, 0.05) is 42.9 Å². The number of ether oxygens (including phenoxy) is 3. The fourth-order valence-electron chi connectivity index (χ4n) is 2.50. The Labute approximate surface area is 177 Å². The minimum absolute atomic E-state index is 0.0631. The molecule has 0 aliphatic heterocycles. The van der Waals surface area contributed by atoms with E-state index in [2.05, 4.69) is 10.6 Å². The number of carbonyl (C=O) groups excluding carboxylic acids is 3. The van der Waals surface area contributed by atoms with Gasteiger partial charge in [0.05, 0.1) is 19.8 Å². The van der Waals surface area contributed by atoms with Crippen LogP contribution in [-0.2, 0) is 14.3 Å². The Bertz CT molecular complexity index is 929. The molecule has 0 unspecified atom stereocenters. The third-order valence-corrected chi connectivity index (χ3v) is 4.02. The summed E-state index contributed by atoms with van der Waals surface area (Å²) in [6.07, 6.45) is 0.147. The SMILES string of the molecule is COc1cc(NC(=O)COC(=O)CCCNC(=O)c2ccc(F)cc2F)cc(OC)c1. The zero-order valence-electron chi connectivity index (χ0n) is 17.0. The molecule has 2 aromatic carbocycles. The van der Waals surface area contributed by atoms with Crippen molar-refractivity contribution < 1.29 is 37.4 Å². The van der Waals surface area contributed by atoms with E-state index in [9.17, 15) is 23.2 Å². The van der Waals surface area contributed by atoms with Gasteiger partial charge in [0.2, 0.25) is 0 Å². The Morgan fingerprint density at radius 1 is 0.968 bits per heavy atom. The van der Waals surface area contributed by atoms with Gasteiger partial charge in [-0.1, -0.05) is 0 Å². The number of esters is 1. The lowest BCUT2D eigenvalue weighted by Crippen LogP contribution is -2.26. The van der Waals surface area contributed by atoms with Gasteiger partial charge in [0.1, 0.15) is 23.1 Å².